The lowest BCUT2D eigenvalue weighted by molar-refractivity contribution is -0.275. The summed E-state index contributed by atoms with van der Waals surface area (Å²) in [5.74, 6) is -0.276. The normalized spacial score (nSPS) is 22.6. The molecule has 0 saturated carbocycles. The van der Waals surface area contributed by atoms with Gasteiger partial charge in [0.1, 0.15) is 11.3 Å². The number of halogens is 3. The van der Waals surface area contributed by atoms with Gasteiger partial charge in [-0.1, -0.05) is 42.5 Å². The maximum Gasteiger partial charge on any atom is 0.573 e. The molecular formula is C21H21F3N2O2. The molecule has 0 aromatic heterocycles. The van der Waals surface area contributed by atoms with E-state index in [-0.39, 0.29) is 18.2 Å². The Hall–Kier alpha value is -2.54. The Morgan fingerprint density at radius 2 is 1.79 bits per heavy atom. The third kappa shape index (κ3) is 3.58. The molecule has 1 atom stereocenters. The minimum absolute atomic E-state index is 0.0598. The second-order valence-electron chi connectivity index (χ2n) is 7.34. The molecule has 1 amide bonds. The van der Waals surface area contributed by atoms with Gasteiger partial charge in [-0.25, -0.2) is 0 Å². The van der Waals surface area contributed by atoms with Crippen LogP contribution in [0.1, 0.15) is 29.5 Å². The van der Waals surface area contributed by atoms with E-state index in [1.807, 2.05) is 29.2 Å². The van der Waals surface area contributed by atoms with E-state index in [0.29, 0.717) is 31.5 Å². The van der Waals surface area contributed by atoms with Crippen LogP contribution in [0.15, 0.2) is 48.5 Å². The molecule has 1 fully saturated rings. The number of hydrogen-bond donors (Lipinski definition) is 1. The van der Waals surface area contributed by atoms with E-state index in [2.05, 4.69) is 10.1 Å². The minimum atomic E-state index is -4.75. The number of amides is 1. The number of carbonyl (C=O) groups is 1. The molecule has 0 bridgehead atoms. The predicted octanol–water partition coefficient (Wildman–Crippen LogP) is 3.79. The lowest BCUT2D eigenvalue weighted by Crippen LogP contribution is -2.55. The zero-order valence-electron chi connectivity index (χ0n) is 15.3. The number of carbonyl (C=O) groups excluding carboxylic acids is 1. The number of rotatable bonds is 3. The molecule has 2 aromatic rings. The molecule has 1 saturated heterocycles. The van der Waals surface area contributed by atoms with Gasteiger partial charge in [0.2, 0.25) is 5.91 Å². The average molecular weight is 390 g/mol. The topological polar surface area (TPSA) is 41.6 Å². The Balaban J connectivity index is 1.65. The molecule has 1 unspecified atom stereocenters. The zero-order chi connectivity index (χ0) is 19.8. The van der Waals surface area contributed by atoms with Gasteiger partial charge in [-0.2, -0.15) is 0 Å². The van der Waals surface area contributed by atoms with Gasteiger partial charge in [0.25, 0.3) is 0 Å². The molecule has 148 valence electrons. The van der Waals surface area contributed by atoms with E-state index >= 15 is 0 Å². The largest absolute Gasteiger partial charge is 0.573 e. The lowest BCUT2D eigenvalue weighted by Gasteiger charge is -2.36. The summed E-state index contributed by atoms with van der Waals surface area (Å²) in [5.41, 5.74) is 1.86. The molecule has 1 N–H and O–H groups in total. The van der Waals surface area contributed by atoms with Crippen LogP contribution >= 0.6 is 0 Å². The van der Waals surface area contributed by atoms with Gasteiger partial charge in [-0.3, -0.25) is 9.69 Å². The van der Waals surface area contributed by atoms with Gasteiger partial charge >= 0.3 is 6.36 Å². The zero-order valence-corrected chi connectivity index (χ0v) is 15.3. The quantitative estimate of drug-likeness (QED) is 0.867. The Kier molecular flexibility index (Phi) is 4.79. The average Bonchev–Trinajstić information content (AvgIpc) is 2.97. The van der Waals surface area contributed by atoms with E-state index in [1.165, 1.54) is 12.1 Å². The van der Waals surface area contributed by atoms with Crippen molar-refractivity contribution in [2.24, 2.45) is 0 Å². The van der Waals surface area contributed by atoms with Gasteiger partial charge in [-0.05, 0) is 36.6 Å². The highest BCUT2D eigenvalue weighted by molar-refractivity contribution is 5.87. The van der Waals surface area contributed by atoms with Gasteiger partial charge in [0.15, 0.2) is 0 Å². The third-order valence-electron chi connectivity index (χ3n) is 5.65. The fourth-order valence-electron chi connectivity index (χ4n) is 4.32. The maximum absolute atomic E-state index is 13.1. The van der Waals surface area contributed by atoms with Crippen molar-refractivity contribution in [3.8, 4) is 5.75 Å². The standard InChI is InChI=1S/C21H21F3N2O2/c22-21(23,24)28-18-9-4-3-8-17(18)14-26-11-5-10-20(26)12-15-6-1-2-7-16(15)13-25-19(20)27/h1-4,6-9H,5,10-14H2,(H,25,27). The van der Waals surface area contributed by atoms with Crippen LogP contribution < -0.4 is 10.1 Å². The predicted molar refractivity (Wildman–Crippen MR) is 97.5 cm³/mol. The van der Waals surface area contributed by atoms with Gasteiger partial charge in [-0.15, -0.1) is 13.2 Å². The van der Waals surface area contributed by atoms with Crippen LogP contribution in [0.25, 0.3) is 0 Å². The smallest absolute Gasteiger partial charge is 0.405 e. The van der Waals surface area contributed by atoms with Crippen LogP contribution in [0.2, 0.25) is 0 Å². The number of alkyl halides is 3. The van der Waals surface area contributed by atoms with Gasteiger partial charge in [0, 0.05) is 25.1 Å². The van der Waals surface area contributed by atoms with E-state index in [1.54, 1.807) is 12.1 Å². The van der Waals surface area contributed by atoms with E-state index in [0.717, 1.165) is 17.5 Å². The summed E-state index contributed by atoms with van der Waals surface area (Å²) in [4.78, 5) is 15.1. The summed E-state index contributed by atoms with van der Waals surface area (Å²) in [6.45, 7) is 1.34. The Morgan fingerprint density at radius 1 is 1.07 bits per heavy atom. The van der Waals surface area contributed by atoms with Crippen molar-refractivity contribution in [2.75, 3.05) is 6.54 Å². The van der Waals surface area contributed by atoms with Crippen molar-refractivity contribution < 1.29 is 22.7 Å². The van der Waals surface area contributed by atoms with Crippen LogP contribution in [-0.2, 0) is 24.3 Å². The molecule has 2 aliphatic rings. The maximum atomic E-state index is 13.1. The van der Waals surface area contributed by atoms with Crippen LogP contribution in [0.5, 0.6) is 5.75 Å². The highest BCUT2D eigenvalue weighted by Crippen LogP contribution is 2.38. The summed E-state index contributed by atoms with van der Waals surface area (Å²) in [7, 11) is 0. The molecule has 28 heavy (non-hydrogen) atoms. The Labute approximate surface area is 161 Å². The van der Waals surface area contributed by atoms with Crippen molar-refractivity contribution in [3.05, 3.63) is 65.2 Å². The second-order valence-corrected chi connectivity index (χ2v) is 7.34. The number of ether oxygens (including phenoxy) is 1. The first kappa shape index (κ1) is 18.8. The SMILES string of the molecule is O=C1NCc2ccccc2CC12CCCN2Cc1ccccc1OC(F)(F)F. The van der Waals surface area contributed by atoms with E-state index in [4.69, 9.17) is 0 Å². The van der Waals surface area contributed by atoms with Crippen molar-refractivity contribution in [3.63, 3.8) is 0 Å². The number of benzene rings is 2. The molecule has 0 radical (unpaired) electrons. The highest BCUT2D eigenvalue weighted by Gasteiger charge is 2.48. The summed E-state index contributed by atoms with van der Waals surface area (Å²) in [5, 5.41) is 3.01. The fraction of sp³-hybridized carbons (Fsp3) is 0.381. The summed E-state index contributed by atoms with van der Waals surface area (Å²) >= 11 is 0. The lowest BCUT2D eigenvalue weighted by atomic mass is 9.86. The van der Waals surface area contributed by atoms with Crippen LogP contribution in [0, 0.1) is 0 Å². The molecular weight excluding hydrogens is 369 g/mol. The van der Waals surface area contributed by atoms with Crippen molar-refractivity contribution in [1.82, 2.24) is 10.2 Å². The third-order valence-corrected chi connectivity index (χ3v) is 5.65. The molecule has 1 spiro atoms. The van der Waals surface area contributed by atoms with Crippen molar-refractivity contribution in [1.29, 1.82) is 0 Å². The highest BCUT2D eigenvalue weighted by atomic mass is 19.4. The molecule has 4 nitrogen and oxygen atoms in total. The number of nitrogens with one attached hydrogen (secondary N) is 1. The first-order valence-electron chi connectivity index (χ1n) is 9.31. The van der Waals surface area contributed by atoms with Crippen molar-refractivity contribution in [2.45, 2.75) is 44.3 Å². The van der Waals surface area contributed by atoms with E-state index in [9.17, 15) is 18.0 Å². The van der Waals surface area contributed by atoms with Crippen LogP contribution in [0.4, 0.5) is 13.2 Å². The van der Waals surface area contributed by atoms with Gasteiger partial charge in [0.05, 0.1) is 0 Å². The summed E-state index contributed by atoms with van der Waals surface area (Å²) < 4.78 is 42.5. The summed E-state index contributed by atoms with van der Waals surface area (Å²) in [6.07, 6.45) is -2.71. The Morgan fingerprint density at radius 3 is 2.57 bits per heavy atom. The first-order chi connectivity index (χ1) is 13.4. The second kappa shape index (κ2) is 7.13. The summed E-state index contributed by atoms with van der Waals surface area (Å²) in [6, 6.07) is 14.1. The molecule has 2 aliphatic heterocycles. The number of nitrogens with zero attached hydrogens (tertiary/aromatic N) is 1. The molecule has 7 heteroatoms. The minimum Gasteiger partial charge on any atom is -0.405 e. The monoisotopic (exact) mass is 390 g/mol. The number of likely N-dealkylation sites (tertiary alicyclic amines) is 1. The Bertz CT molecular complexity index is 884. The first-order valence-corrected chi connectivity index (χ1v) is 9.31. The number of para-hydroxylation sites is 1. The van der Waals surface area contributed by atoms with E-state index < -0.39 is 11.9 Å². The molecule has 0 aliphatic carbocycles. The van der Waals surface area contributed by atoms with Crippen LogP contribution in [0.3, 0.4) is 0 Å². The van der Waals surface area contributed by atoms with Gasteiger partial charge < -0.3 is 10.1 Å². The number of hydrogen-bond acceptors (Lipinski definition) is 3. The molecule has 4 rings (SSSR count). The van der Waals surface area contributed by atoms with Crippen LogP contribution in [-0.4, -0.2) is 29.3 Å². The molecule has 2 heterocycles. The fourth-order valence-corrected chi connectivity index (χ4v) is 4.32. The van der Waals surface area contributed by atoms with Crippen molar-refractivity contribution >= 4 is 5.91 Å². The molecule has 2 aromatic carbocycles. The number of fused-ring (bicyclic) bond motifs is 1.